The van der Waals surface area contributed by atoms with Gasteiger partial charge >= 0.3 is 0 Å². The van der Waals surface area contributed by atoms with Crippen LogP contribution in [-0.2, 0) is 18.3 Å². The molecule has 3 rings (SSSR count). The monoisotopic (exact) mass is 332 g/mol. The van der Waals surface area contributed by atoms with Crippen molar-refractivity contribution in [2.75, 3.05) is 0 Å². The summed E-state index contributed by atoms with van der Waals surface area (Å²) in [5, 5.41) is 0. The summed E-state index contributed by atoms with van der Waals surface area (Å²) >= 11 is 0. The van der Waals surface area contributed by atoms with E-state index in [0.717, 1.165) is 19.3 Å². The van der Waals surface area contributed by atoms with Crippen LogP contribution in [0.5, 0.6) is 0 Å². The van der Waals surface area contributed by atoms with Gasteiger partial charge in [0.1, 0.15) is 0 Å². The first-order chi connectivity index (χ1) is 12.0. The Morgan fingerprint density at radius 3 is 2.32 bits per heavy atom. The van der Waals surface area contributed by atoms with Crippen LogP contribution in [0.25, 0.3) is 6.08 Å². The van der Waals surface area contributed by atoms with E-state index in [1.807, 2.05) is 0 Å². The second-order valence-corrected chi connectivity index (χ2v) is 7.73. The Kier molecular flexibility index (Phi) is 5.18. The average molecular weight is 333 g/mol. The number of hydrogen-bond acceptors (Lipinski definition) is 0. The van der Waals surface area contributed by atoms with Crippen molar-refractivity contribution in [1.29, 1.82) is 0 Å². The molecule has 0 aliphatic heterocycles. The van der Waals surface area contributed by atoms with Crippen LogP contribution in [0.15, 0.2) is 42.0 Å². The molecular formula is C25H32. The Bertz CT molecular complexity index is 788. The third-order valence-electron chi connectivity index (χ3n) is 6.25. The minimum absolute atomic E-state index is 0.169. The molecule has 0 radical (unpaired) electrons. The van der Waals surface area contributed by atoms with E-state index in [1.165, 1.54) is 46.2 Å². The molecule has 25 heavy (non-hydrogen) atoms. The lowest BCUT2D eigenvalue weighted by molar-refractivity contribution is 0.463. The Hall–Kier alpha value is -1.82. The number of fused-ring (bicyclic) bond motifs is 1. The highest BCUT2D eigenvalue weighted by Gasteiger charge is 2.35. The van der Waals surface area contributed by atoms with Gasteiger partial charge in [0.15, 0.2) is 0 Å². The van der Waals surface area contributed by atoms with Crippen molar-refractivity contribution >= 4 is 6.08 Å². The van der Waals surface area contributed by atoms with Crippen LogP contribution in [-0.4, -0.2) is 0 Å². The van der Waals surface area contributed by atoms with E-state index < -0.39 is 0 Å². The molecule has 132 valence electrons. The van der Waals surface area contributed by atoms with Gasteiger partial charge < -0.3 is 0 Å². The van der Waals surface area contributed by atoms with Crippen molar-refractivity contribution in [2.45, 2.75) is 72.1 Å². The lowest BCUT2D eigenvalue weighted by Crippen LogP contribution is -2.27. The molecule has 0 spiro atoms. The summed E-state index contributed by atoms with van der Waals surface area (Å²) in [5.41, 5.74) is 10.5. The van der Waals surface area contributed by atoms with Gasteiger partial charge in [0.25, 0.3) is 0 Å². The van der Waals surface area contributed by atoms with Crippen LogP contribution in [0, 0.1) is 13.8 Å². The maximum Gasteiger partial charge on any atom is 0.0163 e. The van der Waals surface area contributed by atoms with Crippen LogP contribution in [0.4, 0.5) is 0 Å². The summed E-state index contributed by atoms with van der Waals surface area (Å²) in [7, 11) is 0. The molecule has 0 N–H and O–H groups in total. The highest BCUT2D eigenvalue weighted by atomic mass is 14.4. The standard InChI is InChI=1S/C25H32/c1-6-9-20-12-13-23(15-19(20)5)25(7-2,8-3)24-16-21-11-10-18(4)14-22(21)17-24/h10-16H,6-9,17H2,1-5H3. The zero-order chi connectivity index (χ0) is 18.0. The van der Waals surface area contributed by atoms with E-state index in [1.54, 1.807) is 5.57 Å². The van der Waals surface area contributed by atoms with Gasteiger partial charge in [-0.05, 0) is 67.3 Å². The first-order valence-electron chi connectivity index (χ1n) is 9.94. The van der Waals surface area contributed by atoms with Crippen LogP contribution in [0.3, 0.4) is 0 Å². The molecule has 0 amide bonds. The fraction of sp³-hybridized carbons (Fsp3) is 0.440. The highest BCUT2D eigenvalue weighted by molar-refractivity contribution is 5.67. The average Bonchev–Trinajstić information content (AvgIpc) is 3.02. The van der Waals surface area contributed by atoms with E-state index in [0.29, 0.717) is 0 Å². The van der Waals surface area contributed by atoms with Crippen molar-refractivity contribution in [3.8, 4) is 0 Å². The number of hydrogen-bond donors (Lipinski definition) is 0. The molecule has 0 heteroatoms. The molecule has 2 aromatic carbocycles. The predicted molar refractivity (Wildman–Crippen MR) is 110 cm³/mol. The lowest BCUT2D eigenvalue weighted by Gasteiger charge is -2.35. The predicted octanol–water partition coefficient (Wildman–Crippen LogP) is 6.95. The van der Waals surface area contributed by atoms with E-state index >= 15 is 0 Å². The second kappa shape index (κ2) is 7.20. The van der Waals surface area contributed by atoms with Crippen molar-refractivity contribution in [1.82, 2.24) is 0 Å². The quantitative estimate of drug-likeness (QED) is 0.536. The molecule has 1 aliphatic rings. The number of allylic oxidation sites excluding steroid dienone is 1. The summed E-state index contributed by atoms with van der Waals surface area (Å²) in [4.78, 5) is 0. The Labute approximate surface area is 154 Å². The number of aryl methyl sites for hydroxylation is 3. The molecular weight excluding hydrogens is 300 g/mol. The van der Waals surface area contributed by atoms with Gasteiger partial charge in [-0.1, -0.05) is 80.8 Å². The molecule has 0 unspecified atom stereocenters. The van der Waals surface area contributed by atoms with Crippen molar-refractivity contribution in [2.24, 2.45) is 0 Å². The Morgan fingerprint density at radius 2 is 1.68 bits per heavy atom. The molecule has 0 atom stereocenters. The summed E-state index contributed by atoms with van der Waals surface area (Å²) in [6.07, 6.45) is 8.30. The van der Waals surface area contributed by atoms with E-state index in [2.05, 4.69) is 77.1 Å². The molecule has 0 aromatic heterocycles. The van der Waals surface area contributed by atoms with Gasteiger partial charge in [-0.3, -0.25) is 0 Å². The first kappa shape index (κ1) is 18.0. The molecule has 2 aromatic rings. The maximum atomic E-state index is 2.47. The van der Waals surface area contributed by atoms with Gasteiger partial charge in [-0.2, -0.15) is 0 Å². The molecule has 1 aliphatic carbocycles. The van der Waals surface area contributed by atoms with Crippen molar-refractivity contribution < 1.29 is 0 Å². The third kappa shape index (κ3) is 3.19. The highest BCUT2D eigenvalue weighted by Crippen LogP contribution is 2.45. The van der Waals surface area contributed by atoms with Gasteiger partial charge in [0.05, 0.1) is 0 Å². The SMILES string of the molecule is CCCc1ccc(C(CC)(CC)C2=Cc3ccc(C)cc3C2)cc1C. The van der Waals surface area contributed by atoms with Crippen LogP contribution < -0.4 is 0 Å². The van der Waals surface area contributed by atoms with Gasteiger partial charge in [0.2, 0.25) is 0 Å². The summed E-state index contributed by atoms with van der Waals surface area (Å²) < 4.78 is 0. The fourth-order valence-electron chi connectivity index (χ4n) is 4.62. The van der Waals surface area contributed by atoms with Gasteiger partial charge in [0, 0.05) is 5.41 Å². The molecule has 0 fully saturated rings. The number of benzene rings is 2. The van der Waals surface area contributed by atoms with Crippen LogP contribution >= 0.6 is 0 Å². The molecule has 0 saturated heterocycles. The van der Waals surface area contributed by atoms with Crippen molar-refractivity contribution in [3.05, 3.63) is 75.4 Å². The largest absolute Gasteiger partial charge is 0.0651 e. The molecule has 0 nitrogen and oxygen atoms in total. The summed E-state index contributed by atoms with van der Waals surface area (Å²) in [6.45, 7) is 11.5. The summed E-state index contributed by atoms with van der Waals surface area (Å²) in [5.74, 6) is 0. The zero-order valence-corrected chi connectivity index (χ0v) is 16.6. The summed E-state index contributed by atoms with van der Waals surface area (Å²) in [6, 6.07) is 14.1. The van der Waals surface area contributed by atoms with Gasteiger partial charge in [-0.15, -0.1) is 0 Å². The smallest absolute Gasteiger partial charge is 0.0163 e. The third-order valence-corrected chi connectivity index (χ3v) is 6.25. The minimum Gasteiger partial charge on any atom is -0.0651 e. The number of rotatable bonds is 6. The van der Waals surface area contributed by atoms with Crippen LogP contribution in [0.1, 0.15) is 73.4 Å². The zero-order valence-electron chi connectivity index (χ0n) is 16.6. The molecule has 0 heterocycles. The molecule has 0 bridgehead atoms. The Morgan fingerprint density at radius 1 is 0.920 bits per heavy atom. The van der Waals surface area contributed by atoms with Crippen molar-refractivity contribution in [3.63, 3.8) is 0 Å². The lowest BCUT2D eigenvalue weighted by atomic mass is 9.69. The topological polar surface area (TPSA) is 0 Å². The minimum atomic E-state index is 0.169. The van der Waals surface area contributed by atoms with E-state index in [4.69, 9.17) is 0 Å². The van der Waals surface area contributed by atoms with E-state index in [9.17, 15) is 0 Å². The van der Waals surface area contributed by atoms with Crippen LogP contribution in [0.2, 0.25) is 0 Å². The normalized spacial score (nSPS) is 13.7. The van der Waals surface area contributed by atoms with E-state index in [-0.39, 0.29) is 5.41 Å². The van der Waals surface area contributed by atoms with Gasteiger partial charge in [-0.25, -0.2) is 0 Å². The fourth-order valence-corrected chi connectivity index (χ4v) is 4.62. The Balaban J connectivity index is 2.02. The second-order valence-electron chi connectivity index (χ2n) is 7.73. The first-order valence-corrected chi connectivity index (χ1v) is 9.94. The molecule has 0 saturated carbocycles. The maximum absolute atomic E-state index is 2.47.